The standard InChI is InChI=1S/C15H19N3O4S2/c1-16-14-6-4-5-7-15(14)17-23(19,20)12-8-10-13(11-9-12)24(21,22)18(2)3/h4-11,16-17H,1-3H3. The van der Waals surface area contributed by atoms with Gasteiger partial charge < -0.3 is 5.32 Å². The second-order valence-electron chi connectivity index (χ2n) is 5.16. The second-order valence-corrected chi connectivity index (χ2v) is 8.99. The minimum absolute atomic E-state index is 0.0221. The lowest BCUT2D eigenvalue weighted by molar-refractivity contribution is 0.520. The highest BCUT2D eigenvalue weighted by molar-refractivity contribution is 7.92. The summed E-state index contributed by atoms with van der Waals surface area (Å²) in [5, 5.41) is 2.90. The first-order chi connectivity index (χ1) is 11.2. The normalized spacial score (nSPS) is 12.2. The second kappa shape index (κ2) is 6.80. The van der Waals surface area contributed by atoms with Gasteiger partial charge in [-0.3, -0.25) is 4.72 Å². The molecule has 0 aliphatic heterocycles. The Bertz CT molecular complexity index is 921. The highest BCUT2D eigenvalue weighted by atomic mass is 32.2. The van der Waals surface area contributed by atoms with Crippen molar-refractivity contribution in [1.82, 2.24) is 4.31 Å². The van der Waals surface area contributed by atoms with Crippen LogP contribution in [0.4, 0.5) is 11.4 Å². The smallest absolute Gasteiger partial charge is 0.261 e. The van der Waals surface area contributed by atoms with Crippen molar-refractivity contribution in [2.24, 2.45) is 0 Å². The van der Waals surface area contributed by atoms with Crippen molar-refractivity contribution in [2.45, 2.75) is 9.79 Å². The fraction of sp³-hybridized carbons (Fsp3) is 0.200. The van der Waals surface area contributed by atoms with Gasteiger partial charge in [-0.05, 0) is 36.4 Å². The zero-order valence-corrected chi connectivity index (χ0v) is 15.1. The lowest BCUT2D eigenvalue weighted by Crippen LogP contribution is -2.22. The molecule has 9 heteroatoms. The van der Waals surface area contributed by atoms with Crippen molar-refractivity contribution in [3.05, 3.63) is 48.5 Å². The van der Waals surface area contributed by atoms with Crippen molar-refractivity contribution in [1.29, 1.82) is 0 Å². The van der Waals surface area contributed by atoms with Crippen LogP contribution in [0.2, 0.25) is 0 Å². The third-order valence-corrected chi connectivity index (χ3v) is 6.56. The minimum Gasteiger partial charge on any atom is -0.386 e. The predicted molar refractivity (Wildman–Crippen MR) is 94.1 cm³/mol. The van der Waals surface area contributed by atoms with Gasteiger partial charge in [-0.1, -0.05) is 12.1 Å². The monoisotopic (exact) mass is 369 g/mol. The third kappa shape index (κ3) is 3.69. The lowest BCUT2D eigenvalue weighted by Gasteiger charge is -2.14. The van der Waals surface area contributed by atoms with Gasteiger partial charge in [0.1, 0.15) is 0 Å². The first kappa shape index (κ1) is 18.2. The van der Waals surface area contributed by atoms with E-state index in [1.165, 1.54) is 38.4 Å². The Morgan fingerprint density at radius 3 is 1.79 bits per heavy atom. The molecule has 2 rings (SSSR count). The van der Waals surface area contributed by atoms with Crippen LogP contribution in [-0.4, -0.2) is 42.3 Å². The van der Waals surface area contributed by atoms with E-state index in [1.807, 2.05) is 0 Å². The molecule has 2 N–H and O–H groups in total. The first-order valence-corrected chi connectivity index (χ1v) is 9.93. The zero-order chi connectivity index (χ0) is 18.0. The summed E-state index contributed by atoms with van der Waals surface area (Å²) in [6.07, 6.45) is 0. The van der Waals surface area contributed by atoms with Crippen LogP contribution in [0.25, 0.3) is 0 Å². The first-order valence-electron chi connectivity index (χ1n) is 7.00. The van der Waals surface area contributed by atoms with Crippen molar-refractivity contribution in [3.63, 3.8) is 0 Å². The molecule has 2 aromatic rings. The molecule has 130 valence electrons. The van der Waals surface area contributed by atoms with E-state index in [-0.39, 0.29) is 9.79 Å². The van der Waals surface area contributed by atoms with E-state index in [0.717, 1.165) is 4.31 Å². The summed E-state index contributed by atoms with van der Waals surface area (Å²) in [5.41, 5.74) is 1.04. The van der Waals surface area contributed by atoms with Gasteiger partial charge in [0.05, 0.1) is 21.2 Å². The van der Waals surface area contributed by atoms with Crippen LogP contribution in [0.15, 0.2) is 58.3 Å². The Morgan fingerprint density at radius 1 is 0.792 bits per heavy atom. The van der Waals surface area contributed by atoms with Crippen LogP contribution >= 0.6 is 0 Å². The molecule has 0 saturated heterocycles. The van der Waals surface area contributed by atoms with Crippen LogP contribution in [0.5, 0.6) is 0 Å². The van der Waals surface area contributed by atoms with Gasteiger partial charge in [0.25, 0.3) is 10.0 Å². The molecule has 24 heavy (non-hydrogen) atoms. The van der Waals surface area contributed by atoms with Gasteiger partial charge in [0, 0.05) is 21.1 Å². The molecule has 0 fully saturated rings. The summed E-state index contributed by atoms with van der Waals surface area (Å²) in [6, 6.07) is 11.9. The fourth-order valence-corrected chi connectivity index (χ4v) is 3.98. The Kier molecular flexibility index (Phi) is 5.16. The zero-order valence-electron chi connectivity index (χ0n) is 13.5. The fourth-order valence-electron chi connectivity index (χ4n) is 2.00. The van der Waals surface area contributed by atoms with E-state index in [4.69, 9.17) is 0 Å². The van der Waals surface area contributed by atoms with Crippen molar-refractivity contribution in [2.75, 3.05) is 31.2 Å². The maximum atomic E-state index is 12.5. The van der Waals surface area contributed by atoms with Gasteiger partial charge in [0.2, 0.25) is 10.0 Å². The molecule has 7 nitrogen and oxygen atoms in total. The van der Waals surface area contributed by atoms with Gasteiger partial charge >= 0.3 is 0 Å². The Morgan fingerprint density at radius 2 is 1.29 bits per heavy atom. The number of hydrogen-bond acceptors (Lipinski definition) is 5. The summed E-state index contributed by atoms with van der Waals surface area (Å²) in [4.78, 5) is 0.00758. The SMILES string of the molecule is CNc1ccccc1NS(=O)(=O)c1ccc(S(=O)(=O)N(C)C)cc1. The molecular formula is C15H19N3O4S2. The highest BCUT2D eigenvalue weighted by Crippen LogP contribution is 2.24. The predicted octanol–water partition coefficient (Wildman–Crippen LogP) is 1.78. The van der Waals surface area contributed by atoms with E-state index in [0.29, 0.717) is 11.4 Å². The van der Waals surface area contributed by atoms with Crippen LogP contribution < -0.4 is 10.0 Å². The summed E-state index contributed by atoms with van der Waals surface area (Å²) >= 11 is 0. The lowest BCUT2D eigenvalue weighted by atomic mass is 10.3. The molecular weight excluding hydrogens is 350 g/mol. The van der Waals surface area contributed by atoms with Gasteiger partial charge in [-0.15, -0.1) is 0 Å². The van der Waals surface area contributed by atoms with Crippen LogP contribution in [0.1, 0.15) is 0 Å². The van der Waals surface area contributed by atoms with Crippen molar-refractivity contribution >= 4 is 31.4 Å². The summed E-state index contributed by atoms with van der Waals surface area (Å²) in [7, 11) is -2.91. The number of para-hydroxylation sites is 2. The van der Waals surface area contributed by atoms with Gasteiger partial charge in [0.15, 0.2) is 0 Å². The average molecular weight is 369 g/mol. The number of anilines is 2. The van der Waals surface area contributed by atoms with Crippen molar-refractivity contribution < 1.29 is 16.8 Å². The minimum atomic E-state index is -3.83. The number of rotatable bonds is 6. The molecule has 0 radical (unpaired) electrons. The largest absolute Gasteiger partial charge is 0.386 e. The molecule has 0 saturated carbocycles. The molecule has 0 amide bonds. The summed E-state index contributed by atoms with van der Waals surface area (Å²) in [6.45, 7) is 0. The van der Waals surface area contributed by atoms with E-state index in [2.05, 4.69) is 10.0 Å². The van der Waals surface area contributed by atoms with Crippen LogP contribution in [0, 0.1) is 0 Å². The number of nitrogens with zero attached hydrogens (tertiary/aromatic N) is 1. The van der Waals surface area contributed by atoms with Gasteiger partial charge in [-0.25, -0.2) is 21.1 Å². The molecule has 0 aromatic heterocycles. The Labute approximate surface area is 142 Å². The average Bonchev–Trinajstić information content (AvgIpc) is 2.55. The van der Waals surface area contributed by atoms with E-state index in [9.17, 15) is 16.8 Å². The van der Waals surface area contributed by atoms with Crippen LogP contribution in [0.3, 0.4) is 0 Å². The highest BCUT2D eigenvalue weighted by Gasteiger charge is 2.20. The number of sulfonamides is 2. The topological polar surface area (TPSA) is 95.6 Å². The van der Waals surface area contributed by atoms with Gasteiger partial charge in [-0.2, -0.15) is 0 Å². The van der Waals surface area contributed by atoms with E-state index >= 15 is 0 Å². The molecule has 0 bridgehead atoms. The molecule has 0 heterocycles. The molecule has 0 aliphatic rings. The van der Waals surface area contributed by atoms with E-state index < -0.39 is 20.0 Å². The Hall–Kier alpha value is -2.10. The van der Waals surface area contributed by atoms with Crippen molar-refractivity contribution in [3.8, 4) is 0 Å². The number of benzene rings is 2. The van der Waals surface area contributed by atoms with Crippen LogP contribution in [-0.2, 0) is 20.0 Å². The molecule has 0 atom stereocenters. The molecule has 0 spiro atoms. The number of hydrogen-bond donors (Lipinski definition) is 2. The van der Waals surface area contributed by atoms with E-state index in [1.54, 1.807) is 31.3 Å². The maximum absolute atomic E-state index is 12.5. The summed E-state index contributed by atoms with van der Waals surface area (Å²) in [5.74, 6) is 0. The third-order valence-electron chi connectivity index (χ3n) is 3.35. The molecule has 0 unspecified atom stereocenters. The number of nitrogens with one attached hydrogen (secondary N) is 2. The Balaban J connectivity index is 2.34. The molecule has 2 aromatic carbocycles. The quantitative estimate of drug-likeness (QED) is 0.809. The molecule has 0 aliphatic carbocycles. The maximum Gasteiger partial charge on any atom is 0.261 e. The summed E-state index contributed by atoms with van der Waals surface area (Å²) < 4.78 is 52.5.